The second kappa shape index (κ2) is 8.31. The van der Waals surface area contributed by atoms with E-state index in [0.29, 0.717) is 25.1 Å². The number of benzene rings is 1. The summed E-state index contributed by atoms with van der Waals surface area (Å²) in [7, 11) is 1.85. The standard InChI is InChI=1S/C19H23N5OS/c1-13-4-5-16-15(10-13)14(2)11-19(23-16)26-9-7-18(25)20-8-6-17-21-12-22-24(17)3/h4-5,10-12H,6-9H2,1-3H3,(H,20,25). The van der Waals surface area contributed by atoms with Crippen molar-refractivity contribution >= 4 is 28.6 Å². The fraction of sp³-hybridized carbons (Fsp3) is 0.368. The summed E-state index contributed by atoms with van der Waals surface area (Å²) in [5.74, 6) is 1.62. The van der Waals surface area contributed by atoms with Crippen molar-refractivity contribution in [1.29, 1.82) is 0 Å². The predicted octanol–water partition coefficient (Wildman–Crippen LogP) is 2.82. The van der Waals surface area contributed by atoms with Crippen LogP contribution in [0, 0.1) is 13.8 Å². The molecular formula is C19H23N5OS. The van der Waals surface area contributed by atoms with Gasteiger partial charge in [0.05, 0.1) is 10.5 Å². The van der Waals surface area contributed by atoms with Crippen molar-refractivity contribution in [3.8, 4) is 0 Å². The Balaban J connectivity index is 1.47. The second-order valence-corrected chi connectivity index (χ2v) is 7.41. The summed E-state index contributed by atoms with van der Waals surface area (Å²) in [5.41, 5.74) is 3.46. The first-order chi connectivity index (χ1) is 12.5. The smallest absolute Gasteiger partial charge is 0.220 e. The highest BCUT2D eigenvalue weighted by atomic mass is 32.2. The van der Waals surface area contributed by atoms with Gasteiger partial charge < -0.3 is 5.32 Å². The molecule has 3 aromatic rings. The Morgan fingerprint density at radius 2 is 2.12 bits per heavy atom. The molecule has 1 N–H and O–H groups in total. The zero-order chi connectivity index (χ0) is 18.5. The number of aromatic nitrogens is 4. The van der Waals surface area contributed by atoms with Crippen molar-refractivity contribution in [3.63, 3.8) is 0 Å². The number of aryl methyl sites for hydroxylation is 3. The molecule has 1 aromatic carbocycles. The van der Waals surface area contributed by atoms with Crippen LogP contribution in [0.2, 0.25) is 0 Å². The molecular weight excluding hydrogens is 346 g/mol. The van der Waals surface area contributed by atoms with Crippen LogP contribution in [0.25, 0.3) is 10.9 Å². The van der Waals surface area contributed by atoms with E-state index in [-0.39, 0.29) is 5.91 Å². The van der Waals surface area contributed by atoms with Crippen LogP contribution in [0.15, 0.2) is 35.6 Å². The topological polar surface area (TPSA) is 72.7 Å². The maximum Gasteiger partial charge on any atom is 0.220 e. The van der Waals surface area contributed by atoms with E-state index in [1.165, 1.54) is 22.8 Å². The molecule has 0 unspecified atom stereocenters. The van der Waals surface area contributed by atoms with Gasteiger partial charge in [-0.15, -0.1) is 11.8 Å². The fourth-order valence-corrected chi connectivity index (χ4v) is 3.67. The minimum Gasteiger partial charge on any atom is -0.356 e. The Morgan fingerprint density at radius 1 is 1.27 bits per heavy atom. The predicted molar refractivity (Wildman–Crippen MR) is 104 cm³/mol. The van der Waals surface area contributed by atoms with Crippen molar-refractivity contribution in [2.45, 2.75) is 31.7 Å². The molecule has 26 heavy (non-hydrogen) atoms. The van der Waals surface area contributed by atoms with Crippen LogP contribution in [0.5, 0.6) is 0 Å². The third kappa shape index (κ3) is 4.60. The Labute approximate surface area is 157 Å². The summed E-state index contributed by atoms with van der Waals surface area (Å²) in [6.07, 6.45) is 2.67. The lowest BCUT2D eigenvalue weighted by molar-refractivity contribution is -0.120. The minimum absolute atomic E-state index is 0.0489. The van der Waals surface area contributed by atoms with Gasteiger partial charge in [-0.25, -0.2) is 9.97 Å². The molecule has 0 spiro atoms. The monoisotopic (exact) mass is 369 g/mol. The van der Waals surface area contributed by atoms with E-state index in [9.17, 15) is 4.79 Å². The number of rotatable bonds is 7. The van der Waals surface area contributed by atoms with Gasteiger partial charge in [0, 0.05) is 37.6 Å². The summed E-state index contributed by atoms with van der Waals surface area (Å²) >= 11 is 1.62. The summed E-state index contributed by atoms with van der Waals surface area (Å²) < 4.78 is 1.72. The van der Waals surface area contributed by atoms with Crippen LogP contribution in [-0.4, -0.2) is 38.0 Å². The molecule has 2 aromatic heterocycles. The molecule has 0 aliphatic heterocycles. The molecule has 0 radical (unpaired) electrons. The van der Waals surface area contributed by atoms with Gasteiger partial charge in [-0.2, -0.15) is 5.10 Å². The highest BCUT2D eigenvalue weighted by molar-refractivity contribution is 7.99. The average molecular weight is 369 g/mol. The van der Waals surface area contributed by atoms with Crippen molar-refractivity contribution in [3.05, 3.63) is 47.5 Å². The zero-order valence-electron chi connectivity index (χ0n) is 15.3. The number of nitrogens with one attached hydrogen (secondary N) is 1. The van der Waals surface area contributed by atoms with Gasteiger partial charge in [-0.1, -0.05) is 11.6 Å². The largest absolute Gasteiger partial charge is 0.356 e. The minimum atomic E-state index is 0.0489. The fourth-order valence-electron chi connectivity index (χ4n) is 2.75. The Kier molecular flexibility index (Phi) is 5.88. The molecule has 6 nitrogen and oxygen atoms in total. The SMILES string of the molecule is Cc1ccc2nc(SCCC(=O)NCCc3ncnn3C)cc(C)c2c1. The van der Waals surface area contributed by atoms with Gasteiger partial charge >= 0.3 is 0 Å². The van der Waals surface area contributed by atoms with Gasteiger partial charge in [-0.05, 0) is 37.6 Å². The molecule has 0 aliphatic carbocycles. The number of amides is 1. The average Bonchev–Trinajstić information content (AvgIpc) is 3.01. The van der Waals surface area contributed by atoms with Gasteiger partial charge in [0.2, 0.25) is 5.91 Å². The van der Waals surface area contributed by atoms with Crippen molar-refractivity contribution < 1.29 is 4.79 Å². The number of pyridine rings is 1. The van der Waals surface area contributed by atoms with E-state index < -0.39 is 0 Å². The van der Waals surface area contributed by atoms with Crippen molar-refractivity contribution in [1.82, 2.24) is 25.1 Å². The normalized spacial score (nSPS) is 11.0. The molecule has 0 atom stereocenters. The van der Waals surface area contributed by atoms with Crippen LogP contribution < -0.4 is 5.32 Å². The summed E-state index contributed by atoms with van der Waals surface area (Å²) in [6, 6.07) is 8.39. The maximum absolute atomic E-state index is 12.0. The number of hydrogen-bond donors (Lipinski definition) is 1. The molecule has 0 saturated carbocycles. The molecule has 7 heteroatoms. The molecule has 0 bridgehead atoms. The quantitative estimate of drug-likeness (QED) is 0.648. The number of fused-ring (bicyclic) bond motifs is 1. The number of hydrogen-bond acceptors (Lipinski definition) is 5. The highest BCUT2D eigenvalue weighted by Gasteiger charge is 2.07. The molecule has 136 valence electrons. The number of carbonyl (C=O) groups is 1. The summed E-state index contributed by atoms with van der Waals surface area (Å²) in [5, 5.41) is 9.10. The van der Waals surface area contributed by atoms with E-state index in [0.717, 1.165) is 16.4 Å². The van der Waals surface area contributed by atoms with Crippen LogP contribution in [-0.2, 0) is 18.3 Å². The highest BCUT2D eigenvalue weighted by Crippen LogP contribution is 2.24. The number of thioether (sulfide) groups is 1. The third-order valence-electron chi connectivity index (χ3n) is 4.20. The molecule has 3 rings (SSSR count). The molecule has 0 saturated heterocycles. The van der Waals surface area contributed by atoms with E-state index in [1.807, 2.05) is 7.05 Å². The molecule has 0 aliphatic rings. The van der Waals surface area contributed by atoms with Crippen molar-refractivity contribution in [2.24, 2.45) is 7.05 Å². The Bertz CT molecular complexity index is 921. The van der Waals surface area contributed by atoms with Crippen LogP contribution in [0.4, 0.5) is 0 Å². The van der Waals surface area contributed by atoms with E-state index in [4.69, 9.17) is 4.98 Å². The zero-order valence-corrected chi connectivity index (χ0v) is 16.1. The van der Waals surface area contributed by atoms with Crippen LogP contribution in [0.1, 0.15) is 23.4 Å². The van der Waals surface area contributed by atoms with E-state index >= 15 is 0 Å². The van der Waals surface area contributed by atoms with Crippen molar-refractivity contribution in [2.75, 3.05) is 12.3 Å². The number of nitrogens with zero attached hydrogens (tertiary/aromatic N) is 4. The number of carbonyl (C=O) groups excluding carboxylic acids is 1. The molecule has 0 fully saturated rings. The lowest BCUT2D eigenvalue weighted by Crippen LogP contribution is -2.26. The van der Waals surface area contributed by atoms with Crippen LogP contribution in [0.3, 0.4) is 0 Å². The summed E-state index contributed by atoms with van der Waals surface area (Å²) in [6.45, 7) is 4.76. The Hall–Kier alpha value is -2.41. The molecule has 2 heterocycles. The first-order valence-electron chi connectivity index (χ1n) is 8.63. The van der Waals surface area contributed by atoms with E-state index in [2.05, 4.69) is 53.5 Å². The van der Waals surface area contributed by atoms with Crippen LogP contribution >= 0.6 is 11.8 Å². The Morgan fingerprint density at radius 3 is 2.88 bits per heavy atom. The third-order valence-corrected chi connectivity index (χ3v) is 5.12. The maximum atomic E-state index is 12.0. The second-order valence-electron chi connectivity index (χ2n) is 6.30. The lowest BCUT2D eigenvalue weighted by atomic mass is 10.1. The first-order valence-corrected chi connectivity index (χ1v) is 9.62. The van der Waals surface area contributed by atoms with Gasteiger partial charge in [0.15, 0.2) is 0 Å². The molecule has 1 amide bonds. The van der Waals surface area contributed by atoms with E-state index in [1.54, 1.807) is 16.4 Å². The first kappa shape index (κ1) is 18.4. The van der Waals surface area contributed by atoms with Gasteiger partial charge in [0.1, 0.15) is 12.2 Å². The lowest BCUT2D eigenvalue weighted by Gasteiger charge is -2.08. The van der Waals surface area contributed by atoms with Gasteiger partial charge in [-0.3, -0.25) is 9.48 Å². The summed E-state index contributed by atoms with van der Waals surface area (Å²) in [4.78, 5) is 20.8. The van der Waals surface area contributed by atoms with Gasteiger partial charge in [0.25, 0.3) is 0 Å².